The molecule has 0 bridgehead atoms. The standard InChI is InChI=1S/C26H35N3O4S/c1-18-8-7-12-28(16-18)24(30)17-34-26-27-21-15-23(33-3)22(32-2)14-20(21)25(31)29(26)13-11-19-9-5-4-6-10-19/h9,14-15,18H,4-8,10-13,16-17H2,1-3H3. The van der Waals surface area contributed by atoms with E-state index in [2.05, 4.69) is 13.0 Å². The molecular weight excluding hydrogens is 450 g/mol. The lowest BCUT2D eigenvalue weighted by Crippen LogP contribution is -2.40. The summed E-state index contributed by atoms with van der Waals surface area (Å²) in [6, 6.07) is 3.44. The highest BCUT2D eigenvalue weighted by Crippen LogP contribution is 2.31. The summed E-state index contributed by atoms with van der Waals surface area (Å²) in [5, 5.41) is 1.08. The molecule has 184 valence electrons. The average molecular weight is 486 g/mol. The minimum atomic E-state index is -0.107. The van der Waals surface area contributed by atoms with Gasteiger partial charge in [0.15, 0.2) is 16.7 Å². The van der Waals surface area contributed by atoms with Crippen LogP contribution in [-0.2, 0) is 11.3 Å². The van der Waals surface area contributed by atoms with Crippen LogP contribution in [0.1, 0.15) is 51.9 Å². The molecule has 8 heteroatoms. The summed E-state index contributed by atoms with van der Waals surface area (Å²) in [7, 11) is 3.12. The maximum atomic E-state index is 13.6. The van der Waals surface area contributed by atoms with E-state index in [0.29, 0.717) is 40.0 Å². The summed E-state index contributed by atoms with van der Waals surface area (Å²) in [6.07, 6.45) is 10.0. The monoisotopic (exact) mass is 485 g/mol. The number of fused-ring (bicyclic) bond motifs is 1. The summed E-state index contributed by atoms with van der Waals surface area (Å²) in [4.78, 5) is 33.3. The van der Waals surface area contributed by atoms with Crippen LogP contribution in [-0.4, -0.2) is 53.4 Å². The van der Waals surface area contributed by atoms with Crippen LogP contribution in [0, 0.1) is 5.92 Å². The summed E-state index contributed by atoms with van der Waals surface area (Å²) in [5.74, 6) is 1.96. The zero-order valence-electron chi connectivity index (χ0n) is 20.5. The maximum absolute atomic E-state index is 13.6. The Morgan fingerprint density at radius 3 is 2.68 bits per heavy atom. The van der Waals surface area contributed by atoms with Crippen LogP contribution in [0.25, 0.3) is 10.9 Å². The predicted octanol–water partition coefficient (Wildman–Crippen LogP) is 4.65. The van der Waals surface area contributed by atoms with Crippen molar-refractivity contribution < 1.29 is 14.3 Å². The lowest BCUT2D eigenvalue weighted by molar-refractivity contribution is -0.130. The van der Waals surface area contributed by atoms with Gasteiger partial charge in [-0.15, -0.1) is 0 Å². The van der Waals surface area contributed by atoms with Crippen molar-refractivity contribution in [2.75, 3.05) is 33.1 Å². The largest absolute Gasteiger partial charge is 0.493 e. The second-order valence-electron chi connectivity index (χ2n) is 9.31. The van der Waals surface area contributed by atoms with Crippen molar-refractivity contribution in [2.45, 2.75) is 63.6 Å². The van der Waals surface area contributed by atoms with Gasteiger partial charge in [-0.3, -0.25) is 14.2 Å². The van der Waals surface area contributed by atoms with Crippen molar-refractivity contribution in [1.29, 1.82) is 0 Å². The highest BCUT2D eigenvalue weighted by atomic mass is 32.2. The molecule has 2 heterocycles. The number of amides is 1. The lowest BCUT2D eigenvalue weighted by Gasteiger charge is -2.30. The summed E-state index contributed by atoms with van der Waals surface area (Å²) >= 11 is 1.36. The number of likely N-dealkylation sites (tertiary alicyclic amines) is 1. The molecule has 1 aromatic carbocycles. The number of nitrogens with zero attached hydrogens (tertiary/aromatic N) is 3. The first-order valence-electron chi connectivity index (χ1n) is 12.2. The van der Waals surface area contributed by atoms with Crippen molar-refractivity contribution in [3.8, 4) is 11.5 Å². The highest BCUT2D eigenvalue weighted by Gasteiger charge is 2.22. The molecule has 1 aliphatic heterocycles. The molecule has 1 unspecified atom stereocenters. The molecule has 1 aliphatic carbocycles. The van der Waals surface area contributed by atoms with Gasteiger partial charge in [0.2, 0.25) is 5.91 Å². The number of carbonyl (C=O) groups is 1. The first-order valence-corrected chi connectivity index (χ1v) is 13.2. The van der Waals surface area contributed by atoms with Gasteiger partial charge in [-0.25, -0.2) is 4.98 Å². The zero-order valence-corrected chi connectivity index (χ0v) is 21.3. The fourth-order valence-electron chi connectivity index (χ4n) is 4.86. The average Bonchev–Trinajstić information content (AvgIpc) is 2.86. The molecule has 1 fully saturated rings. The number of aromatic nitrogens is 2. The number of allylic oxidation sites excluding steroid dienone is 2. The molecule has 1 saturated heterocycles. The molecule has 0 N–H and O–H groups in total. The number of hydrogen-bond donors (Lipinski definition) is 0. The van der Waals surface area contributed by atoms with E-state index in [1.807, 2.05) is 4.90 Å². The van der Waals surface area contributed by atoms with Gasteiger partial charge in [0.1, 0.15) is 0 Å². The lowest BCUT2D eigenvalue weighted by atomic mass is 9.97. The van der Waals surface area contributed by atoms with E-state index in [1.165, 1.54) is 36.6 Å². The molecule has 1 amide bonds. The van der Waals surface area contributed by atoms with E-state index < -0.39 is 0 Å². The van der Waals surface area contributed by atoms with Gasteiger partial charge >= 0.3 is 0 Å². The third-order valence-corrected chi connectivity index (χ3v) is 7.76. The molecule has 0 saturated carbocycles. The Labute approximate surface area is 205 Å². The van der Waals surface area contributed by atoms with E-state index in [0.717, 1.165) is 38.8 Å². The fourth-order valence-corrected chi connectivity index (χ4v) is 5.78. The van der Waals surface area contributed by atoms with Gasteiger partial charge in [-0.05, 0) is 56.9 Å². The molecule has 2 aromatic rings. The molecule has 1 aromatic heterocycles. The SMILES string of the molecule is COc1cc2nc(SCC(=O)N3CCCC(C)C3)n(CCC3=CCCCC3)c(=O)c2cc1OC. The molecule has 0 radical (unpaired) electrons. The van der Waals surface area contributed by atoms with Crippen LogP contribution in [0.3, 0.4) is 0 Å². The topological polar surface area (TPSA) is 73.7 Å². The molecule has 2 aliphatic rings. The molecule has 34 heavy (non-hydrogen) atoms. The van der Waals surface area contributed by atoms with Crippen LogP contribution in [0.5, 0.6) is 11.5 Å². The van der Waals surface area contributed by atoms with Gasteiger partial charge in [-0.2, -0.15) is 0 Å². The Balaban J connectivity index is 1.64. The van der Waals surface area contributed by atoms with Crippen molar-refractivity contribution in [3.63, 3.8) is 0 Å². The van der Waals surface area contributed by atoms with Crippen molar-refractivity contribution in [3.05, 3.63) is 34.1 Å². The van der Waals surface area contributed by atoms with Gasteiger partial charge < -0.3 is 14.4 Å². The van der Waals surface area contributed by atoms with E-state index in [4.69, 9.17) is 14.5 Å². The first-order chi connectivity index (χ1) is 16.5. The van der Waals surface area contributed by atoms with Gasteiger partial charge in [-0.1, -0.05) is 30.3 Å². The second kappa shape index (κ2) is 11.3. The quantitative estimate of drug-likeness (QED) is 0.308. The number of methoxy groups -OCH3 is 2. The summed E-state index contributed by atoms with van der Waals surface area (Å²) in [6.45, 7) is 4.37. The molecule has 1 atom stereocenters. The maximum Gasteiger partial charge on any atom is 0.262 e. The van der Waals surface area contributed by atoms with Crippen LogP contribution >= 0.6 is 11.8 Å². The highest BCUT2D eigenvalue weighted by molar-refractivity contribution is 7.99. The van der Waals surface area contributed by atoms with Crippen LogP contribution in [0.4, 0.5) is 0 Å². The minimum Gasteiger partial charge on any atom is -0.493 e. The number of carbonyl (C=O) groups excluding carboxylic acids is 1. The fraction of sp³-hybridized carbons (Fsp3) is 0.577. The summed E-state index contributed by atoms with van der Waals surface area (Å²) < 4.78 is 12.6. The number of benzene rings is 1. The zero-order chi connectivity index (χ0) is 24.1. The second-order valence-corrected chi connectivity index (χ2v) is 10.3. The molecule has 0 spiro atoms. The number of ether oxygens (including phenoxy) is 2. The van der Waals surface area contributed by atoms with Gasteiger partial charge in [0.25, 0.3) is 5.56 Å². The third kappa shape index (κ3) is 5.59. The first kappa shape index (κ1) is 24.6. The van der Waals surface area contributed by atoms with Crippen LogP contribution in [0.2, 0.25) is 0 Å². The number of rotatable bonds is 8. The van der Waals surface area contributed by atoms with Crippen LogP contribution < -0.4 is 15.0 Å². The van der Waals surface area contributed by atoms with E-state index in [-0.39, 0.29) is 17.2 Å². The number of piperidine rings is 1. The van der Waals surface area contributed by atoms with Crippen molar-refractivity contribution >= 4 is 28.6 Å². The normalized spacial score (nSPS) is 18.6. The van der Waals surface area contributed by atoms with Crippen molar-refractivity contribution in [2.24, 2.45) is 5.92 Å². The van der Waals surface area contributed by atoms with Gasteiger partial charge in [0.05, 0.1) is 30.9 Å². The van der Waals surface area contributed by atoms with Gasteiger partial charge in [0, 0.05) is 25.7 Å². The Morgan fingerprint density at radius 1 is 1.18 bits per heavy atom. The van der Waals surface area contributed by atoms with E-state index in [9.17, 15) is 9.59 Å². The molecule has 4 rings (SSSR count). The Hall–Kier alpha value is -2.48. The molecular formula is C26H35N3O4S. The number of thioether (sulfide) groups is 1. The van der Waals surface area contributed by atoms with Crippen molar-refractivity contribution in [1.82, 2.24) is 14.5 Å². The summed E-state index contributed by atoms with van der Waals surface area (Å²) in [5.41, 5.74) is 1.85. The Bertz CT molecular complexity index is 1130. The minimum absolute atomic E-state index is 0.107. The smallest absolute Gasteiger partial charge is 0.262 e. The Kier molecular flexibility index (Phi) is 8.19. The van der Waals surface area contributed by atoms with Crippen LogP contribution in [0.15, 0.2) is 33.7 Å². The number of hydrogen-bond acceptors (Lipinski definition) is 6. The third-order valence-electron chi connectivity index (χ3n) is 6.80. The predicted molar refractivity (Wildman–Crippen MR) is 136 cm³/mol. The van der Waals surface area contributed by atoms with E-state index >= 15 is 0 Å². The van der Waals surface area contributed by atoms with E-state index in [1.54, 1.807) is 30.9 Å². The molecule has 7 nitrogen and oxygen atoms in total. The Morgan fingerprint density at radius 2 is 1.97 bits per heavy atom.